The highest BCUT2D eigenvalue weighted by molar-refractivity contribution is 6.12. The van der Waals surface area contributed by atoms with Gasteiger partial charge in [-0.3, -0.25) is 4.79 Å². The maximum absolute atomic E-state index is 12.5. The molecule has 0 fully saturated rings. The van der Waals surface area contributed by atoms with Crippen LogP contribution in [0, 0.1) is 0 Å². The van der Waals surface area contributed by atoms with Crippen molar-refractivity contribution in [1.29, 1.82) is 0 Å². The molecule has 0 spiro atoms. The lowest BCUT2D eigenvalue weighted by Crippen LogP contribution is -2.01. The van der Waals surface area contributed by atoms with Crippen molar-refractivity contribution in [2.45, 2.75) is 12.8 Å². The van der Waals surface area contributed by atoms with Crippen molar-refractivity contribution < 1.29 is 14.7 Å². The van der Waals surface area contributed by atoms with Gasteiger partial charge in [-0.15, -0.1) is 0 Å². The first-order valence-electron chi connectivity index (χ1n) is 7.48. The highest BCUT2D eigenvalue weighted by Gasteiger charge is 2.13. The molecule has 0 saturated carbocycles. The predicted octanol–water partition coefficient (Wildman–Crippen LogP) is 3.91. The summed E-state index contributed by atoms with van der Waals surface area (Å²) in [6, 6.07) is 18.0. The number of fused-ring (bicyclic) bond motifs is 1. The van der Waals surface area contributed by atoms with E-state index in [1.165, 1.54) is 6.07 Å². The summed E-state index contributed by atoms with van der Waals surface area (Å²) in [6.07, 6.45) is 2.14. The van der Waals surface area contributed by atoms with Crippen molar-refractivity contribution in [1.82, 2.24) is 0 Å². The molecular formula is C20H16O3. The van der Waals surface area contributed by atoms with Crippen molar-refractivity contribution in [2.75, 3.05) is 0 Å². The summed E-state index contributed by atoms with van der Waals surface area (Å²) >= 11 is 0. The fraction of sp³-hybridized carbons (Fsp3) is 0.100. The maximum atomic E-state index is 12.5. The monoisotopic (exact) mass is 304 g/mol. The van der Waals surface area contributed by atoms with Crippen LogP contribution in [0.25, 0.3) is 10.8 Å². The van der Waals surface area contributed by atoms with Crippen LogP contribution in [0.3, 0.4) is 0 Å². The molecule has 0 radical (unpaired) electrons. The van der Waals surface area contributed by atoms with Gasteiger partial charge in [0.15, 0.2) is 5.78 Å². The smallest absolute Gasteiger partial charge is 0.196 e. The number of para-hydroxylation sites is 1. The Morgan fingerprint density at radius 3 is 2.48 bits per heavy atom. The number of hydrogen-bond donors (Lipinski definition) is 1. The Labute approximate surface area is 134 Å². The van der Waals surface area contributed by atoms with Crippen LogP contribution in [-0.4, -0.2) is 17.2 Å². The fourth-order valence-electron chi connectivity index (χ4n) is 2.64. The van der Waals surface area contributed by atoms with E-state index in [0.717, 1.165) is 29.0 Å². The van der Waals surface area contributed by atoms with Gasteiger partial charge in [0, 0.05) is 12.0 Å². The SMILES string of the molecule is O=CCCc1ccc2cc(C(=O)c3ccccc3O)ccc2c1. The molecule has 0 heterocycles. The first kappa shape index (κ1) is 15.0. The van der Waals surface area contributed by atoms with Crippen molar-refractivity contribution >= 4 is 22.8 Å². The van der Waals surface area contributed by atoms with Crippen LogP contribution >= 0.6 is 0 Å². The van der Waals surface area contributed by atoms with E-state index in [1.54, 1.807) is 24.3 Å². The zero-order chi connectivity index (χ0) is 16.2. The largest absolute Gasteiger partial charge is 0.507 e. The molecule has 23 heavy (non-hydrogen) atoms. The molecule has 0 bridgehead atoms. The summed E-state index contributed by atoms with van der Waals surface area (Å²) < 4.78 is 0. The van der Waals surface area contributed by atoms with E-state index in [1.807, 2.05) is 30.3 Å². The molecule has 0 saturated heterocycles. The van der Waals surface area contributed by atoms with Crippen molar-refractivity contribution in [2.24, 2.45) is 0 Å². The lowest BCUT2D eigenvalue weighted by Gasteiger charge is -2.06. The minimum Gasteiger partial charge on any atom is -0.507 e. The highest BCUT2D eigenvalue weighted by Crippen LogP contribution is 2.23. The van der Waals surface area contributed by atoms with Crippen LogP contribution in [0.2, 0.25) is 0 Å². The number of rotatable bonds is 5. The van der Waals surface area contributed by atoms with E-state index >= 15 is 0 Å². The molecule has 0 aliphatic heterocycles. The van der Waals surface area contributed by atoms with Crippen molar-refractivity contribution in [3.63, 3.8) is 0 Å². The summed E-state index contributed by atoms with van der Waals surface area (Å²) in [4.78, 5) is 23.0. The average molecular weight is 304 g/mol. The molecule has 3 aromatic carbocycles. The molecule has 0 unspecified atom stereocenters. The number of aryl methyl sites for hydroxylation is 1. The summed E-state index contributed by atoms with van der Waals surface area (Å²) in [6.45, 7) is 0. The zero-order valence-corrected chi connectivity index (χ0v) is 12.5. The number of carbonyl (C=O) groups excluding carboxylic acids is 2. The lowest BCUT2D eigenvalue weighted by atomic mass is 9.98. The van der Waals surface area contributed by atoms with E-state index in [4.69, 9.17) is 0 Å². The second-order valence-corrected chi connectivity index (χ2v) is 5.45. The van der Waals surface area contributed by atoms with E-state index in [9.17, 15) is 14.7 Å². The quantitative estimate of drug-likeness (QED) is 0.574. The Morgan fingerprint density at radius 1 is 0.957 bits per heavy atom. The average Bonchev–Trinajstić information content (AvgIpc) is 2.59. The molecule has 114 valence electrons. The molecular weight excluding hydrogens is 288 g/mol. The van der Waals surface area contributed by atoms with Gasteiger partial charge < -0.3 is 9.90 Å². The number of aromatic hydroxyl groups is 1. The lowest BCUT2D eigenvalue weighted by molar-refractivity contribution is -0.107. The number of phenolic OH excluding ortho intramolecular Hbond substituents is 1. The van der Waals surface area contributed by atoms with Crippen LogP contribution in [0.15, 0.2) is 60.7 Å². The molecule has 0 atom stereocenters. The number of ketones is 1. The molecule has 0 aliphatic rings. The van der Waals surface area contributed by atoms with Gasteiger partial charge in [-0.2, -0.15) is 0 Å². The molecule has 3 aromatic rings. The van der Waals surface area contributed by atoms with Gasteiger partial charge in [0.05, 0.1) is 5.56 Å². The minimum absolute atomic E-state index is 0.0122. The third kappa shape index (κ3) is 3.14. The third-order valence-corrected chi connectivity index (χ3v) is 3.87. The summed E-state index contributed by atoms with van der Waals surface area (Å²) in [5, 5.41) is 11.8. The maximum Gasteiger partial charge on any atom is 0.196 e. The van der Waals surface area contributed by atoms with Crippen LogP contribution in [0.5, 0.6) is 5.75 Å². The van der Waals surface area contributed by atoms with Crippen LogP contribution in [-0.2, 0) is 11.2 Å². The topological polar surface area (TPSA) is 54.4 Å². The summed E-state index contributed by atoms with van der Waals surface area (Å²) in [5.74, 6) is -0.211. The molecule has 3 nitrogen and oxygen atoms in total. The van der Waals surface area contributed by atoms with Gasteiger partial charge in [0.1, 0.15) is 12.0 Å². The second-order valence-electron chi connectivity index (χ2n) is 5.45. The van der Waals surface area contributed by atoms with E-state index in [-0.39, 0.29) is 11.5 Å². The normalized spacial score (nSPS) is 10.6. The van der Waals surface area contributed by atoms with Gasteiger partial charge in [0.2, 0.25) is 0 Å². The first-order valence-corrected chi connectivity index (χ1v) is 7.48. The Hall–Kier alpha value is -2.94. The molecule has 3 rings (SSSR count). The predicted molar refractivity (Wildman–Crippen MR) is 89.9 cm³/mol. The van der Waals surface area contributed by atoms with Crippen LogP contribution in [0.1, 0.15) is 27.9 Å². The van der Waals surface area contributed by atoms with Gasteiger partial charge >= 0.3 is 0 Å². The number of hydrogen-bond acceptors (Lipinski definition) is 3. The Kier molecular flexibility index (Phi) is 4.20. The van der Waals surface area contributed by atoms with Gasteiger partial charge in [-0.05, 0) is 41.0 Å². The highest BCUT2D eigenvalue weighted by atomic mass is 16.3. The molecule has 0 aliphatic carbocycles. The zero-order valence-electron chi connectivity index (χ0n) is 12.5. The standard InChI is InChI=1S/C20H16O3/c21-11-3-4-14-7-8-16-13-17(10-9-15(16)12-14)20(23)18-5-1-2-6-19(18)22/h1-2,5-13,22H,3-4H2. The molecule has 3 heteroatoms. The summed E-state index contributed by atoms with van der Waals surface area (Å²) in [5.41, 5.74) is 1.94. The minimum atomic E-state index is -0.199. The Balaban J connectivity index is 1.95. The molecule has 0 amide bonds. The number of carbonyl (C=O) groups is 2. The Morgan fingerprint density at radius 2 is 1.70 bits per heavy atom. The van der Waals surface area contributed by atoms with Crippen molar-refractivity contribution in [3.8, 4) is 5.75 Å². The van der Waals surface area contributed by atoms with E-state index < -0.39 is 0 Å². The van der Waals surface area contributed by atoms with E-state index in [2.05, 4.69) is 0 Å². The fourth-order valence-corrected chi connectivity index (χ4v) is 2.64. The number of benzene rings is 3. The van der Waals surface area contributed by atoms with Gasteiger partial charge in [-0.1, -0.05) is 42.5 Å². The third-order valence-electron chi connectivity index (χ3n) is 3.87. The summed E-state index contributed by atoms with van der Waals surface area (Å²) in [7, 11) is 0. The second kappa shape index (κ2) is 6.44. The number of phenols is 1. The Bertz CT molecular complexity index is 881. The number of aldehydes is 1. The van der Waals surface area contributed by atoms with Crippen molar-refractivity contribution in [3.05, 3.63) is 77.4 Å². The first-order chi connectivity index (χ1) is 11.2. The molecule has 1 N–H and O–H groups in total. The van der Waals surface area contributed by atoms with Gasteiger partial charge in [-0.25, -0.2) is 0 Å². The van der Waals surface area contributed by atoms with E-state index in [0.29, 0.717) is 17.5 Å². The van der Waals surface area contributed by atoms with Gasteiger partial charge in [0.25, 0.3) is 0 Å². The molecule has 0 aromatic heterocycles. The van der Waals surface area contributed by atoms with Crippen LogP contribution < -0.4 is 0 Å². The van der Waals surface area contributed by atoms with Crippen LogP contribution in [0.4, 0.5) is 0 Å².